The predicted octanol–water partition coefficient (Wildman–Crippen LogP) is 10.1. The molecule has 47 heavy (non-hydrogen) atoms. The molecule has 0 spiro atoms. The Kier molecular flexibility index (Phi) is 13.6. The van der Waals surface area contributed by atoms with E-state index in [9.17, 15) is 0 Å². The van der Waals surface area contributed by atoms with Crippen LogP contribution in [0.5, 0.6) is 0 Å². The number of benzene rings is 2. The van der Waals surface area contributed by atoms with Crippen molar-refractivity contribution in [1.29, 1.82) is 0 Å². The van der Waals surface area contributed by atoms with Crippen LogP contribution in [0, 0.1) is 24.3 Å². The lowest BCUT2D eigenvalue weighted by molar-refractivity contribution is 0.566. The third-order valence-corrected chi connectivity index (χ3v) is 8.54. The second-order valence-corrected chi connectivity index (χ2v) is 13.4. The number of aryl methyl sites for hydroxylation is 3. The molecule has 248 valence electrons. The topological polar surface area (TPSA) is 114 Å². The number of nitrogens with zero attached hydrogens (tertiary/aromatic N) is 4. The van der Waals surface area contributed by atoms with Gasteiger partial charge in [-0.3, -0.25) is 0 Å². The third kappa shape index (κ3) is 10.5. The van der Waals surface area contributed by atoms with Crippen LogP contribution in [0.15, 0.2) is 80.2 Å². The minimum atomic E-state index is 0.144. The second-order valence-electron chi connectivity index (χ2n) is 11.2. The molecule has 9 nitrogen and oxygen atoms in total. The van der Waals surface area contributed by atoms with Crippen LogP contribution in [0.3, 0.4) is 0 Å². The van der Waals surface area contributed by atoms with Crippen molar-refractivity contribution in [2.24, 2.45) is 0 Å². The van der Waals surface area contributed by atoms with Crippen LogP contribution in [-0.2, 0) is 0 Å². The van der Waals surface area contributed by atoms with Crippen molar-refractivity contribution in [3.8, 4) is 0 Å². The van der Waals surface area contributed by atoms with Crippen molar-refractivity contribution in [3.63, 3.8) is 0 Å². The van der Waals surface area contributed by atoms with Gasteiger partial charge in [0, 0.05) is 20.1 Å². The minimum Gasteiger partial charge on any atom is -0.446 e. The number of halogens is 2. The molecule has 3 N–H and O–H groups in total. The van der Waals surface area contributed by atoms with Gasteiger partial charge in [-0.2, -0.15) is 9.97 Å². The summed E-state index contributed by atoms with van der Waals surface area (Å²) in [6.45, 7) is 13.2. The number of hydrogen-bond acceptors (Lipinski definition) is 9. The molecule has 0 fully saturated rings. The maximum Gasteiger partial charge on any atom is 0.231 e. The SMILES string of the molecule is CCCCNC.Cc1nc(N[C@@H](C)c2ccc(Br)cc2)c2cc(C)oc2n1.Cc1nc(N[C@@H](C)c2ccc(I)cc2)c2ccoc2n1. The molecule has 11 heteroatoms. The van der Waals surface area contributed by atoms with Crippen molar-refractivity contribution in [3.05, 3.63) is 104 Å². The Morgan fingerprint density at radius 1 is 0.766 bits per heavy atom. The fourth-order valence-electron chi connectivity index (χ4n) is 4.76. The maximum absolute atomic E-state index is 5.60. The molecule has 4 heterocycles. The fraction of sp³-hybridized carbons (Fsp3) is 0.333. The van der Waals surface area contributed by atoms with E-state index in [4.69, 9.17) is 8.83 Å². The van der Waals surface area contributed by atoms with Crippen LogP contribution in [0.25, 0.3) is 22.2 Å². The van der Waals surface area contributed by atoms with Gasteiger partial charge < -0.3 is 24.8 Å². The number of hydrogen-bond donors (Lipinski definition) is 3. The van der Waals surface area contributed by atoms with E-state index in [0.29, 0.717) is 23.1 Å². The zero-order valence-corrected chi connectivity index (χ0v) is 31.7. The van der Waals surface area contributed by atoms with Gasteiger partial charge in [0.15, 0.2) is 0 Å². The van der Waals surface area contributed by atoms with E-state index in [0.717, 1.165) is 39.2 Å². The van der Waals surface area contributed by atoms with Crippen LogP contribution in [0.1, 0.15) is 74.2 Å². The zero-order valence-electron chi connectivity index (χ0n) is 28.0. The Hall–Kier alpha value is -3.55. The molecule has 0 aliphatic rings. The van der Waals surface area contributed by atoms with Gasteiger partial charge in [-0.1, -0.05) is 53.5 Å². The molecule has 0 aliphatic carbocycles. The lowest BCUT2D eigenvalue weighted by Crippen LogP contribution is -2.09. The summed E-state index contributed by atoms with van der Waals surface area (Å²) in [5, 5.41) is 11.8. The van der Waals surface area contributed by atoms with Crippen molar-refractivity contribution < 1.29 is 8.83 Å². The lowest BCUT2D eigenvalue weighted by Gasteiger charge is -2.15. The highest BCUT2D eigenvalue weighted by atomic mass is 127. The summed E-state index contributed by atoms with van der Waals surface area (Å²) >= 11 is 5.76. The van der Waals surface area contributed by atoms with E-state index in [1.807, 2.05) is 52.1 Å². The Bertz CT molecular complexity index is 1850. The average Bonchev–Trinajstić information content (AvgIpc) is 3.67. The monoisotopic (exact) mass is 811 g/mol. The number of nitrogens with one attached hydrogen (secondary N) is 3. The van der Waals surface area contributed by atoms with Crippen LogP contribution in [0.4, 0.5) is 11.6 Å². The van der Waals surface area contributed by atoms with Crippen LogP contribution >= 0.6 is 38.5 Å². The quantitative estimate of drug-likeness (QED) is 0.0970. The smallest absolute Gasteiger partial charge is 0.231 e. The highest BCUT2D eigenvalue weighted by molar-refractivity contribution is 14.1. The number of aromatic nitrogens is 4. The Labute approximate surface area is 299 Å². The maximum atomic E-state index is 5.60. The molecule has 0 aliphatic heterocycles. The summed E-state index contributed by atoms with van der Waals surface area (Å²) < 4.78 is 13.2. The zero-order chi connectivity index (χ0) is 33.9. The summed E-state index contributed by atoms with van der Waals surface area (Å²) in [5.41, 5.74) is 3.67. The standard InChI is InChI=1S/C16H16BrN3O.C15H14IN3O.C5H13N/c1-9-8-14-15(19-11(3)20-16(14)21-9)18-10(2)12-4-6-13(17)7-5-12;1-9(11-3-5-12(16)6-4-11)17-14-13-7-8-20-15(13)19-10(2)18-14;1-3-4-5-6-2/h4-8,10H,1-3H3,(H,18,19,20);3-9H,1-2H3,(H,17,18,19);6H,3-5H2,1-2H3/t10-;9-;/m00./s1. The summed E-state index contributed by atoms with van der Waals surface area (Å²) in [6, 6.07) is 20.9. The summed E-state index contributed by atoms with van der Waals surface area (Å²) in [6.07, 6.45) is 4.23. The Balaban J connectivity index is 0.000000182. The minimum absolute atomic E-state index is 0.144. The average molecular weight is 813 g/mol. The lowest BCUT2D eigenvalue weighted by atomic mass is 10.1. The summed E-state index contributed by atoms with van der Waals surface area (Å²) in [4.78, 5) is 17.6. The molecule has 2 atom stereocenters. The first-order valence-electron chi connectivity index (χ1n) is 15.7. The number of unbranched alkanes of at least 4 members (excludes halogenated alkanes) is 1. The molecule has 6 aromatic rings. The van der Waals surface area contributed by atoms with E-state index in [1.54, 1.807) is 6.26 Å². The Morgan fingerprint density at radius 2 is 1.32 bits per heavy atom. The first kappa shape index (κ1) is 36.3. The van der Waals surface area contributed by atoms with E-state index in [2.05, 4.69) is 132 Å². The van der Waals surface area contributed by atoms with E-state index >= 15 is 0 Å². The fourth-order valence-corrected chi connectivity index (χ4v) is 5.39. The van der Waals surface area contributed by atoms with Crippen LogP contribution in [0.2, 0.25) is 0 Å². The first-order chi connectivity index (χ1) is 22.6. The molecule has 0 radical (unpaired) electrons. The molecule has 0 saturated carbocycles. The largest absolute Gasteiger partial charge is 0.446 e. The van der Waals surface area contributed by atoms with E-state index in [-0.39, 0.29) is 12.1 Å². The van der Waals surface area contributed by atoms with Gasteiger partial charge in [-0.05, 0) is 125 Å². The highest BCUT2D eigenvalue weighted by Crippen LogP contribution is 2.28. The van der Waals surface area contributed by atoms with Gasteiger partial charge >= 0.3 is 0 Å². The highest BCUT2D eigenvalue weighted by Gasteiger charge is 2.14. The van der Waals surface area contributed by atoms with Gasteiger partial charge in [0.2, 0.25) is 11.4 Å². The molecular formula is C36H43BrIN7O2. The van der Waals surface area contributed by atoms with Crippen LogP contribution in [-0.4, -0.2) is 33.5 Å². The predicted molar refractivity (Wildman–Crippen MR) is 204 cm³/mol. The first-order valence-corrected chi connectivity index (χ1v) is 17.6. The second kappa shape index (κ2) is 17.6. The molecule has 2 aromatic carbocycles. The molecular weight excluding hydrogens is 769 g/mol. The number of fused-ring (bicyclic) bond motifs is 2. The number of anilines is 2. The van der Waals surface area contributed by atoms with Gasteiger partial charge in [-0.15, -0.1) is 0 Å². The van der Waals surface area contributed by atoms with Crippen LogP contribution < -0.4 is 16.0 Å². The Morgan fingerprint density at radius 3 is 1.87 bits per heavy atom. The molecule has 0 bridgehead atoms. The number of rotatable bonds is 9. The molecule has 0 saturated heterocycles. The molecule has 0 unspecified atom stereocenters. The normalized spacial score (nSPS) is 12.1. The van der Waals surface area contributed by atoms with Gasteiger partial charge in [0.05, 0.1) is 17.0 Å². The van der Waals surface area contributed by atoms with E-state index < -0.39 is 0 Å². The molecule has 4 aromatic heterocycles. The van der Waals surface area contributed by atoms with E-state index in [1.165, 1.54) is 27.5 Å². The summed E-state index contributed by atoms with van der Waals surface area (Å²) in [7, 11) is 1.98. The van der Waals surface area contributed by atoms with Crippen molar-refractivity contribution in [2.75, 3.05) is 24.2 Å². The van der Waals surface area contributed by atoms with Crippen molar-refractivity contribution in [2.45, 2.75) is 66.5 Å². The number of furan rings is 2. The van der Waals surface area contributed by atoms with Crippen molar-refractivity contribution >= 4 is 72.4 Å². The molecule has 6 rings (SSSR count). The third-order valence-electron chi connectivity index (χ3n) is 7.29. The van der Waals surface area contributed by atoms with Gasteiger partial charge in [0.25, 0.3) is 0 Å². The van der Waals surface area contributed by atoms with Gasteiger partial charge in [-0.25, -0.2) is 9.97 Å². The van der Waals surface area contributed by atoms with Crippen molar-refractivity contribution in [1.82, 2.24) is 25.3 Å². The molecule has 0 amide bonds. The van der Waals surface area contributed by atoms with Gasteiger partial charge in [0.1, 0.15) is 29.0 Å². The summed E-state index contributed by atoms with van der Waals surface area (Å²) in [5.74, 6) is 3.86.